The number of aliphatic imine (C=N–C) groups is 1. The van der Waals surface area contributed by atoms with Gasteiger partial charge in [-0.25, -0.2) is 0 Å². The van der Waals surface area contributed by atoms with E-state index in [0.29, 0.717) is 0 Å². The molecule has 0 aliphatic carbocycles. The molecule has 0 aliphatic heterocycles. The first-order chi connectivity index (χ1) is 8.95. The van der Waals surface area contributed by atoms with Gasteiger partial charge in [-0.3, -0.25) is 4.99 Å². The molecule has 0 heterocycles. The second-order valence-corrected chi connectivity index (χ2v) is 6.04. The van der Waals surface area contributed by atoms with Gasteiger partial charge in [0, 0.05) is 11.2 Å². The first-order valence-electron chi connectivity index (χ1n) is 6.35. The van der Waals surface area contributed by atoms with E-state index in [-0.39, 0.29) is 5.41 Å². The van der Waals surface area contributed by atoms with Gasteiger partial charge in [-0.05, 0) is 40.8 Å². The number of hydrogen-bond acceptors (Lipinski definition) is 1. The van der Waals surface area contributed by atoms with E-state index in [0.717, 1.165) is 16.3 Å². The van der Waals surface area contributed by atoms with E-state index in [4.69, 9.17) is 11.6 Å². The third kappa shape index (κ3) is 3.93. The Labute approximate surface area is 120 Å². The average Bonchev–Trinajstić information content (AvgIpc) is 2.37. The predicted octanol–water partition coefficient (Wildman–Crippen LogP) is 5.39. The van der Waals surface area contributed by atoms with E-state index >= 15 is 0 Å². The van der Waals surface area contributed by atoms with Crippen LogP contribution in [0.5, 0.6) is 0 Å². The smallest absolute Gasteiger partial charge is 0.0630 e. The van der Waals surface area contributed by atoms with Gasteiger partial charge in [0.1, 0.15) is 0 Å². The van der Waals surface area contributed by atoms with Crippen LogP contribution in [0, 0.1) is 0 Å². The van der Waals surface area contributed by atoms with E-state index in [9.17, 15) is 0 Å². The molecule has 0 aromatic heterocycles. The predicted molar refractivity (Wildman–Crippen MR) is 83.8 cm³/mol. The number of rotatable bonds is 2. The van der Waals surface area contributed by atoms with Crippen LogP contribution in [-0.4, -0.2) is 6.21 Å². The van der Waals surface area contributed by atoms with Gasteiger partial charge >= 0.3 is 0 Å². The van der Waals surface area contributed by atoms with E-state index in [1.807, 2.05) is 42.6 Å². The summed E-state index contributed by atoms with van der Waals surface area (Å²) in [4.78, 5) is 4.46. The van der Waals surface area contributed by atoms with E-state index in [1.54, 1.807) is 0 Å². The van der Waals surface area contributed by atoms with Crippen LogP contribution < -0.4 is 0 Å². The van der Waals surface area contributed by atoms with E-state index in [1.165, 1.54) is 5.56 Å². The quantitative estimate of drug-likeness (QED) is 0.650. The SMILES string of the molecule is CC(C)(C)c1ccc(N=Cc2ccc(Cl)cc2)cc1. The first-order valence-corrected chi connectivity index (χ1v) is 6.73. The third-order valence-corrected chi connectivity index (χ3v) is 3.22. The first kappa shape index (κ1) is 13.8. The molecule has 0 radical (unpaired) electrons. The van der Waals surface area contributed by atoms with Crippen molar-refractivity contribution in [3.63, 3.8) is 0 Å². The zero-order valence-electron chi connectivity index (χ0n) is 11.5. The summed E-state index contributed by atoms with van der Waals surface area (Å²) < 4.78 is 0. The molecule has 0 aliphatic rings. The minimum absolute atomic E-state index is 0.179. The molecule has 2 rings (SSSR count). The van der Waals surface area contributed by atoms with Crippen molar-refractivity contribution in [1.29, 1.82) is 0 Å². The van der Waals surface area contributed by atoms with Gasteiger partial charge < -0.3 is 0 Å². The van der Waals surface area contributed by atoms with Crippen molar-refractivity contribution >= 4 is 23.5 Å². The van der Waals surface area contributed by atoms with Crippen LogP contribution in [0.2, 0.25) is 5.02 Å². The maximum absolute atomic E-state index is 5.84. The van der Waals surface area contributed by atoms with Gasteiger partial charge in [0.05, 0.1) is 5.69 Å². The minimum atomic E-state index is 0.179. The molecule has 0 amide bonds. The van der Waals surface area contributed by atoms with Crippen LogP contribution >= 0.6 is 11.6 Å². The lowest BCUT2D eigenvalue weighted by atomic mass is 9.87. The molecule has 0 atom stereocenters. The molecule has 0 N–H and O–H groups in total. The summed E-state index contributed by atoms with van der Waals surface area (Å²) in [6.45, 7) is 6.62. The summed E-state index contributed by atoms with van der Waals surface area (Å²) in [5.41, 5.74) is 3.50. The molecule has 0 unspecified atom stereocenters. The Balaban J connectivity index is 2.13. The molecule has 0 saturated carbocycles. The van der Waals surface area contributed by atoms with Crippen LogP contribution in [0.1, 0.15) is 31.9 Å². The summed E-state index contributed by atoms with van der Waals surface area (Å²) in [6.07, 6.45) is 1.85. The lowest BCUT2D eigenvalue weighted by molar-refractivity contribution is 0.590. The van der Waals surface area contributed by atoms with Gasteiger partial charge in [-0.15, -0.1) is 0 Å². The molecule has 1 nitrogen and oxygen atoms in total. The Hall–Kier alpha value is -1.60. The molecule has 0 bridgehead atoms. The maximum atomic E-state index is 5.84. The highest BCUT2D eigenvalue weighted by Crippen LogP contribution is 2.24. The molecule has 98 valence electrons. The van der Waals surface area contributed by atoms with Crippen molar-refractivity contribution < 1.29 is 0 Å². The van der Waals surface area contributed by atoms with E-state index in [2.05, 4.69) is 37.9 Å². The zero-order valence-corrected chi connectivity index (χ0v) is 12.3. The standard InChI is InChI=1S/C17H18ClN/c1-17(2,3)14-6-10-16(11-7-14)19-12-13-4-8-15(18)9-5-13/h4-12H,1-3H3. The Bertz CT molecular complexity index is 560. The second kappa shape index (κ2) is 5.58. The third-order valence-electron chi connectivity index (χ3n) is 2.97. The summed E-state index contributed by atoms with van der Waals surface area (Å²) in [5, 5.41) is 0.742. The molecule has 0 spiro atoms. The Morgan fingerprint density at radius 2 is 1.47 bits per heavy atom. The number of hydrogen-bond donors (Lipinski definition) is 0. The molecule has 2 aromatic carbocycles. The van der Waals surface area contributed by atoms with Crippen LogP contribution in [0.4, 0.5) is 5.69 Å². The lowest BCUT2D eigenvalue weighted by Crippen LogP contribution is -2.10. The van der Waals surface area contributed by atoms with Crippen LogP contribution in [-0.2, 0) is 5.41 Å². The van der Waals surface area contributed by atoms with Gasteiger partial charge in [-0.2, -0.15) is 0 Å². The lowest BCUT2D eigenvalue weighted by Gasteiger charge is -2.18. The molecule has 0 saturated heterocycles. The Morgan fingerprint density at radius 1 is 0.895 bits per heavy atom. The molecule has 2 aromatic rings. The fraction of sp³-hybridized carbons (Fsp3) is 0.235. The van der Waals surface area contributed by atoms with Crippen LogP contribution in [0.15, 0.2) is 53.5 Å². The largest absolute Gasteiger partial charge is 0.256 e. The Kier molecular flexibility index (Phi) is 4.06. The number of halogens is 1. The van der Waals surface area contributed by atoms with Crippen molar-refractivity contribution in [2.75, 3.05) is 0 Å². The highest BCUT2D eigenvalue weighted by Gasteiger charge is 2.12. The van der Waals surface area contributed by atoms with Gasteiger partial charge in [0.2, 0.25) is 0 Å². The molecule has 19 heavy (non-hydrogen) atoms. The molecular formula is C17H18ClN. The summed E-state index contributed by atoms with van der Waals surface area (Å²) in [7, 11) is 0. The highest BCUT2D eigenvalue weighted by atomic mass is 35.5. The summed E-state index contributed by atoms with van der Waals surface area (Å²) in [6, 6.07) is 16.0. The van der Waals surface area contributed by atoms with Gasteiger partial charge in [-0.1, -0.05) is 56.6 Å². The van der Waals surface area contributed by atoms with Crippen LogP contribution in [0.25, 0.3) is 0 Å². The average molecular weight is 272 g/mol. The van der Waals surface area contributed by atoms with Crippen LogP contribution in [0.3, 0.4) is 0 Å². The highest BCUT2D eigenvalue weighted by molar-refractivity contribution is 6.30. The maximum Gasteiger partial charge on any atom is 0.0630 e. The summed E-state index contributed by atoms with van der Waals surface area (Å²) in [5.74, 6) is 0. The molecular weight excluding hydrogens is 254 g/mol. The minimum Gasteiger partial charge on any atom is -0.256 e. The fourth-order valence-electron chi connectivity index (χ4n) is 1.75. The van der Waals surface area contributed by atoms with Gasteiger partial charge in [0.15, 0.2) is 0 Å². The van der Waals surface area contributed by atoms with Crippen molar-refractivity contribution in [2.45, 2.75) is 26.2 Å². The number of benzene rings is 2. The Morgan fingerprint density at radius 3 is 2.00 bits per heavy atom. The van der Waals surface area contributed by atoms with Crippen molar-refractivity contribution in [1.82, 2.24) is 0 Å². The number of nitrogens with zero attached hydrogens (tertiary/aromatic N) is 1. The van der Waals surface area contributed by atoms with Gasteiger partial charge in [0.25, 0.3) is 0 Å². The zero-order chi connectivity index (χ0) is 13.9. The van der Waals surface area contributed by atoms with Crippen molar-refractivity contribution in [3.05, 3.63) is 64.7 Å². The normalized spacial score (nSPS) is 12.0. The molecule has 0 fully saturated rings. The molecule has 2 heteroatoms. The summed E-state index contributed by atoms with van der Waals surface area (Å²) >= 11 is 5.84. The topological polar surface area (TPSA) is 12.4 Å². The van der Waals surface area contributed by atoms with E-state index < -0.39 is 0 Å². The fourth-order valence-corrected chi connectivity index (χ4v) is 1.87. The van der Waals surface area contributed by atoms with Crippen molar-refractivity contribution in [2.24, 2.45) is 4.99 Å². The second-order valence-electron chi connectivity index (χ2n) is 5.61. The monoisotopic (exact) mass is 271 g/mol. The van der Waals surface area contributed by atoms with Crippen molar-refractivity contribution in [3.8, 4) is 0 Å².